The van der Waals surface area contributed by atoms with Gasteiger partial charge in [-0.05, 0) is 25.2 Å². The molecule has 0 aromatic rings. The van der Waals surface area contributed by atoms with Crippen molar-refractivity contribution in [3.8, 4) is 0 Å². The molecular weight excluding hydrogens is 274 g/mol. The molecule has 1 unspecified atom stereocenters. The third-order valence-corrected chi connectivity index (χ3v) is 4.60. The zero-order valence-corrected chi connectivity index (χ0v) is 15.7. The van der Waals surface area contributed by atoms with E-state index in [-0.39, 0.29) is 0 Å². The van der Waals surface area contributed by atoms with Crippen molar-refractivity contribution < 1.29 is 14.7 Å². The van der Waals surface area contributed by atoms with E-state index in [4.69, 9.17) is 0 Å². The maximum Gasteiger partial charge on any atom is 0.202 e. The molecule has 3 heteroatoms. The molecule has 1 atom stereocenters. The van der Waals surface area contributed by atoms with Gasteiger partial charge in [-0.1, -0.05) is 65.7 Å². The SMILES string of the molecule is CCC[N+](C)(CCCCCCCCCCC(C)C)CC(O)O. The zero-order valence-electron chi connectivity index (χ0n) is 15.7. The van der Waals surface area contributed by atoms with E-state index in [0.717, 1.165) is 29.9 Å². The summed E-state index contributed by atoms with van der Waals surface area (Å²) in [4.78, 5) is 0. The van der Waals surface area contributed by atoms with Crippen molar-refractivity contribution >= 4 is 0 Å². The number of hydrogen-bond donors (Lipinski definition) is 2. The van der Waals surface area contributed by atoms with Crippen LogP contribution < -0.4 is 0 Å². The molecule has 2 N–H and O–H groups in total. The summed E-state index contributed by atoms with van der Waals surface area (Å²) in [5, 5.41) is 18.5. The summed E-state index contributed by atoms with van der Waals surface area (Å²) in [5.74, 6) is 0.855. The lowest BCUT2D eigenvalue weighted by Gasteiger charge is -2.35. The molecule has 0 heterocycles. The summed E-state index contributed by atoms with van der Waals surface area (Å²) in [6.45, 7) is 9.34. The maximum atomic E-state index is 9.23. The minimum atomic E-state index is -1.18. The van der Waals surface area contributed by atoms with Crippen LogP contribution in [-0.2, 0) is 0 Å². The summed E-state index contributed by atoms with van der Waals surface area (Å²) >= 11 is 0. The third kappa shape index (κ3) is 13.5. The van der Waals surface area contributed by atoms with Crippen molar-refractivity contribution in [3.63, 3.8) is 0 Å². The Bertz CT molecular complexity index is 244. The lowest BCUT2D eigenvalue weighted by atomic mass is 10.0. The molecule has 0 radical (unpaired) electrons. The summed E-state index contributed by atoms with van der Waals surface area (Å²) in [7, 11) is 2.15. The van der Waals surface area contributed by atoms with Crippen LogP contribution in [0, 0.1) is 5.92 Å². The largest absolute Gasteiger partial charge is 0.364 e. The van der Waals surface area contributed by atoms with Crippen molar-refractivity contribution in [2.24, 2.45) is 5.92 Å². The Morgan fingerprint density at radius 3 is 1.73 bits per heavy atom. The number of aliphatic hydroxyl groups is 2. The highest BCUT2D eigenvalue weighted by molar-refractivity contribution is 4.50. The third-order valence-electron chi connectivity index (χ3n) is 4.60. The number of quaternary nitrogens is 1. The lowest BCUT2D eigenvalue weighted by molar-refractivity contribution is -0.915. The van der Waals surface area contributed by atoms with Crippen LogP contribution in [0.3, 0.4) is 0 Å². The first kappa shape index (κ1) is 21.9. The molecule has 0 rings (SSSR count). The topological polar surface area (TPSA) is 40.5 Å². The fourth-order valence-corrected chi connectivity index (χ4v) is 3.34. The Labute approximate surface area is 139 Å². The van der Waals surface area contributed by atoms with E-state index in [1.165, 1.54) is 57.8 Å². The molecule has 0 aromatic carbocycles. The van der Waals surface area contributed by atoms with E-state index >= 15 is 0 Å². The quantitative estimate of drug-likeness (QED) is 0.268. The minimum Gasteiger partial charge on any atom is -0.364 e. The molecule has 0 saturated heterocycles. The summed E-state index contributed by atoms with van der Waals surface area (Å²) < 4.78 is 0.795. The van der Waals surface area contributed by atoms with Gasteiger partial charge < -0.3 is 14.7 Å². The minimum absolute atomic E-state index is 0.462. The van der Waals surface area contributed by atoms with Gasteiger partial charge in [0.25, 0.3) is 0 Å². The molecule has 134 valence electrons. The molecule has 0 amide bonds. The fourth-order valence-electron chi connectivity index (χ4n) is 3.34. The van der Waals surface area contributed by atoms with Gasteiger partial charge in [0, 0.05) is 0 Å². The Hall–Kier alpha value is -0.120. The second kappa shape index (κ2) is 13.3. The maximum absolute atomic E-state index is 9.23. The Balaban J connectivity index is 3.53. The zero-order chi connectivity index (χ0) is 16.8. The number of hydrogen-bond acceptors (Lipinski definition) is 2. The standard InChI is InChI=1S/C19H42NO2/c1-5-15-20(4,17-19(21)22)16-13-11-9-7-6-8-10-12-14-18(2)3/h18-19,21-22H,5-17H2,1-4H3/q+1. The van der Waals surface area contributed by atoms with Gasteiger partial charge >= 0.3 is 0 Å². The van der Waals surface area contributed by atoms with Crippen LogP contribution in [0.2, 0.25) is 0 Å². The van der Waals surface area contributed by atoms with Gasteiger partial charge in [0.05, 0.1) is 20.1 Å². The molecule has 0 saturated carbocycles. The molecule has 0 aromatic heterocycles. The lowest BCUT2D eigenvalue weighted by Crippen LogP contribution is -2.50. The summed E-state index contributed by atoms with van der Waals surface area (Å²) in [6.07, 6.45) is 12.1. The molecule has 0 aliphatic heterocycles. The van der Waals surface area contributed by atoms with Crippen LogP contribution in [0.1, 0.15) is 85.0 Å². The smallest absolute Gasteiger partial charge is 0.202 e. The van der Waals surface area contributed by atoms with Crippen LogP contribution in [0.25, 0.3) is 0 Å². The van der Waals surface area contributed by atoms with Crippen LogP contribution in [0.5, 0.6) is 0 Å². The Kier molecular flexibility index (Phi) is 13.3. The van der Waals surface area contributed by atoms with E-state index in [0.29, 0.717) is 6.54 Å². The monoisotopic (exact) mass is 316 g/mol. The molecular formula is C19H42NO2+. The molecule has 0 fully saturated rings. The highest BCUT2D eigenvalue weighted by atomic mass is 16.5. The van der Waals surface area contributed by atoms with Gasteiger partial charge in [0.2, 0.25) is 6.29 Å². The van der Waals surface area contributed by atoms with Gasteiger partial charge in [-0.3, -0.25) is 0 Å². The van der Waals surface area contributed by atoms with Crippen LogP contribution in [-0.4, -0.2) is 47.7 Å². The molecule has 0 aliphatic rings. The first-order valence-electron chi connectivity index (χ1n) is 9.59. The van der Waals surface area contributed by atoms with E-state index in [1.807, 2.05) is 0 Å². The van der Waals surface area contributed by atoms with Crippen LogP contribution >= 0.6 is 0 Å². The van der Waals surface area contributed by atoms with E-state index in [1.54, 1.807) is 0 Å². The molecule has 0 spiro atoms. The first-order chi connectivity index (χ1) is 10.4. The van der Waals surface area contributed by atoms with Crippen LogP contribution in [0.4, 0.5) is 0 Å². The number of likely N-dealkylation sites (N-methyl/N-ethyl adjacent to an activating group) is 1. The van der Waals surface area contributed by atoms with Crippen molar-refractivity contribution in [3.05, 3.63) is 0 Å². The predicted octanol–water partition coefficient (Wildman–Crippen LogP) is 4.32. The van der Waals surface area contributed by atoms with Crippen molar-refractivity contribution in [2.45, 2.75) is 91.3 Å². The Morgan fingerprint density at radius 2 is 1.27 bits per heavy atom. The van der Waals surface area contributed by atoms with Crippen molar-refractivity contribution in [1.82, 2.24) is 0 Å². The normalized spacial score (nSPS) is 14.7. The predicted molar refractivity (Wildman–Crippen MR) is 95.7 cm³/mol. The molecule has 22 heavy (non-hydrogen) atoms. The van der Waals surface area contributed by atoms with E-state index < -0.39 is 6.29 Å². The van der Waals surface area contributed by atoms with Gasteiger partial charge in [-0.15, -0.1) is 0 Å². The van der Waals surface area contributed by atoms with E-state index in [9.17, 15) is 10.2 Å². The van der Waals surface area contributed by atoms with Crippen molar-refractivity contribution in [1.29, 1.82) is 0 Å². The Morgan fingerprint density at radius 1 is 0.773 bits per heavy atom. The second-order valence-corrected chi connectivity index (χ2v) is 7.74. The summed E-state index contributed by atoms with van der Waals surface area (Å²) in [6, 6.07) is 0. The summed E-state index contributed by atoms with van der Waals surface area (Å²) in [5.41, 5.74) is 0. The number of unbranched alkanes of at least 4 members (excludes halogenated alkanes) is 7. The van der Waals surface area contributed by atoms with Gasteiger partial charge in [-0.2, -0.15) is 0 Å². The number of nitrogens with zero attached hydrogens (tertiary/aromatic N) is 1. The fraction of sp³-hybridized carbons (Fsp3) is 1.00. The first-order valence-corrected chi connectivity index (χ1v) is 9.59. The average Bonchev–Trinajstić information content (AvgIpc) is 2.39. The molecule has 3 nitrogen and oxygen atoms in total. The number of rotatable bonds is 15. The number of aliphatic hydroxyl groups excluding tert-OH is 1. The van der Waals surface area contributed by atoms with Gasteiger partial charge in [0.15, 0.2) is 0 Å². The van der Waals surface area contributed by atoms with Gasteiger partial charge in [-0.25, -0.2) is 0 Å². The van der Waals surface area contributed by atoms with Gasteiger partial charge in [0.1, 0.15) is 6.54 Å². The molecule has 0 aliphatic carbocycles. The van der Waals surface area contributed by atoms with Crippen molar-refractivity contribution in [2.75, 3.05) is 26.7 Å². The average molecular weight is 317 g/mol. The highest BCUT2D eigenvalue weighted by Crippen LogP contribution is 2.14. The van der Waals surface area contributed by atoms with Crippen LogP contribution in [0.15, 0.2) is 0 Å². The molecule has 0 bridgehead atoms. The highest BCUT2D eigenvalue weighted by Gasteiger charge is 2.22. The second-order valence-electron chi connectivity index (χ2n) is 7.74. The van der Waals surface area contributed by atoms with E-state index in [2.05, 4.69) is 27.8 Å².